The molecule has 2 saturated heterocycles. The van der Waals surface area contributed by atoms with E-state index in [2.05, 4.69) is 54.2 Å². The summed E-state index contributed by atoms with van der Waals surface area (Å²) < 4.78 is 13.0. The first-order valence-corrected chi connectivity index (χ1v) is 18.6. The van der Waals surface area contributed by atoms with Gasteiger partial charge >= 0.3 is 0 Å². The number of halogens is 1. The lowest BCUT2D eigenvalue weighted by Crippen LogP contribution is -2.54. The third-order valence-electron chi connectivity index (χ3n) is 9.65. The fourth-order valence-electron chi connectivity index (χ4n) is 6.98. The van der Waals surface area contributed by atoms with E-state index >= 15 is 0 Å². The van der Waals surface area contributed by atoms with Crippen LogP contribution in [-0.2, 0) is 26.1 Å². The minimum Gasteiger partial charge on any atom is -0.382 e. The SMILES string of the molecule is CN1CC(Nc2cnn(C)c(=O)c2Br)CC(c2ccc(C(=O)NCCOCCOCCNc3cccc4c3C(=O)N(C3CCC(=O)NC3=O)C4=O)cc2)C1. The van der Waals surface area contributed by atoms with E-state index in [-0.39, 0.29) is 47.4 Å². The molecule has 0 aliphatic carbocycles. The van der Waals surface area contributed by atoms with Crippen LogP contribution in [0.3, 0.4) is 0 Å². The van der Waals surface area contributed by atoms with Gasteiger partial charge in [0, 0.05) is 56.9 Å². The number of carbonyl (C=O) groups excluding carboxylic acids is 5. The van der Waals surface area contributed by atoms with Crippen LogP contribution in [0.25, 0.3) is 0 Å². The van der Waals surface area contributed by atoms with Crippen molar-refractivity contribution in [1.82, 2.24) is 30.2 Å². The van der Waals surface area contributed by atoms with E-state index < -0.39 is 29.7 Å². The number of hydrogen-bond donors (Lipinski definition) is 4. The topological polar surface area (TPSA) is 193 Å². The first kappa shape index (κ1) is 38.7. The third kappa shape index (κ3) is 8.86. The number of likely N-dealkylation sites (N-methyl/N-ethyl adjacent to an activating group) is 1. The Morgan fingerprint density at radius 3 is 2.41 bits per heavy atom. The Morgan fingerprint density at radius 1 is 0.926 bits per heavy atom. The summed E-state index contributed by atoms with van der Waals surface area (Å²) in [6.45, 7) is 3.63. The van der Waals surface area contributed by atoms with Crippen LogP contribution < -0.4 is 26.8 Å². The summed E-state index contributed by atoms with van der Waals surface area (Å²) in [6, 6.07) is 11.6. The first-order chi connectivity index (χ1) is 26.0. The van der Waals surface area contributed by atoms with E-state index in [0.29, 0.717) is 60.9 Å². The van der Waals surface area contributed by atoms with E-state index in [1.54, 1.807) is 31.4 Å². The first-order valence-electron chi connectivity index (χ1n) is 17.8. The fraction of sp³-hybridized carbons (Fsp3) is 0.432. The molecule has 2 aromatic carbocycles. The zero-order valence-corrected chi connectivity index (χ0v) is 31.6. The molecule has 3 aliphatic heterocycles. The molecule has 16 nitrogen and oxygen atoms in total. The van der Waals surface area contributed by atoms with Crippen molar-refractivity contribution in [3.8, 4) is 0 Å². The molecule has 54 heavy (non-hydrogen) atoms. The number of likely N-dealkylation sites (tertiary alicyclic amines) is 1. The monoisotopic (exact) mass is 806 g/mol. The maximum absolute atomic E-state index is 13.2. The molecule has 4 N–H and O–H groups in total. The van der Waals surface area contributed by atoms with Gasteiger partial charge in [-0.1, -0.05) is 18.2 Å². The van der Waals surface area contributed by atoms with Crippen LogP contribution in [-0.4, -0.2) is 121 Å². The number of hydrogen-bond acceptors (Lipinski definition) is 12. The quantitative estimate of drug-likeness (QED) is 0.129. The molecule has 3 aromatic rings. The Morgan fingerprint density at radius 2 is 1.67 bits per heavy atom. The van der Waals surface area contributed by atoms with Crippen LogP contribution in [0, 0.1) is 0 Å². The molecule has 3 aliphatic rings. The van der Waals surface area contributed by atoms with Gasteiger partial charge in [-0.3, -0.25) is 39.0 Å². The molecule has 3 atom stereocenters. The number of nitrogens with one attached hydrogen (secondary N) is 4. The standard InChI is InChI=1S/C37H43BrN8O8/c1-44-20-24(18-25(21-44)42-28-19-41-45(2)37(52)32(28)38)22-6-8-23(9-7-22)33(48)40-13-15-54-17-16-53-14-12-39-27-5-3-4-26-31(27)36(51)46(35(26)50)29-10-11-30(47)43-34(29)49/h3-9,19,24-25,29,39,42H,10-18,20-21H2,1-2H3,(H,40,48)(H,43,47,49). The van der Waals surface area contributed by atoms with Gasteiger partial charge in [0.2, 0.25) is 11.8 Å². The number of amides is 5. The average molecular weight is 808 g/mol. The highest BCUT2D eigenvalue weighted by Crippen LogP contribution is 2.33. The molecule has 4 heterocycles. The maximum atomic E-state index is 13.2. The summed E-state index contributed by atoms with van der Waals surface area (Å²) in [5.74, 6) is -2.16. The van der Waals surface area contributed by atoms with Crippen LogP contribution >= 0.6 is 15.9 Å². The highest BCUT2D eigenvalue weighted by atomic mass is 79.9. The average Bonchev–Trinajstić information content (AvgIpc) is 3.41. The van der Waals surface area contributed by atoms with Gasteiger partial charge in [0.15, 0.2) is 0 Å². The Labute approximate surface area is 320 Å². The molecule has 0 radical (unpaired) electrons. The number of aryl methyl sites for hydroxylation is 1. The lowest BCUT2D eigenvalue weighted by Gasteiger charge is -2.37. The van der Waals surface area contributed by atoms with E-state index in [1.807, 2.05) is 24.3 Å². The normalized spacial score (nSPS) is 20.1. The molecule has 0 spiro atoms. The van der Waals surface area contributed by atoms with Gasteiger partial charge in [-0.05, 0) is 71.6 Å². The minimum atomic E-state index is -1.03. The van der Waals surface area contributed by atoms with Gasteiger partial charge in [0.05, 0.1) is 49.4 Å². The predicted molar refractivity (Wildman–Crippen MR) is 201 cm³/mol. The number of fused-ring (bicyclic) bond motifs is 1. The number of carbonyl (C=O) groups is 5. The van der Waals surface area contributed by atoms with Gasteiger partial charge in [-0.2, -0.15) is 5.10 Å². The van der Waals surface area contributed by atoms with Crippen LogP contribution in [0.4, 0.5) is 11.4 Å². The summed E-state index contributed by atoms with van der Waals surface area (Å²) in [7, 11) is 3.68. The van der Waals surface area contributed by atoms with E-state index in [1.165, 1.54) is 4.68 Å². The Balaban J connectivity index is 0.865. The van der Waals surface area contributed by atoms with Crippen molar-refractivity contribution >= 4 is 56.8 Å². The van der Waals surface area contributed by atoms with Crippen molar-refractivity contribution in [2.45, 2.75) is 37.3 Å². The van der Waals surface area contributed by atoms with Crippen molar-refractivity contribution < 1.29 is 33.4 Å². The number of aromatic nitrogens is 2. The predicted octanol–water partition coefficient (Wildman–Crippen LogP) is 1.72. The number of ether oxygens (including phenoxy) is 2. The van der Waals surface area contributed by atoms with Crippen molar-refractivity contribution in [2.75, 3.05) is 70.3 Å². The number of anilines is 2. The summed E-state index contributed by atoms with van der Waals surface area (Å²) in [4.78, 5) is 78.3. The summed E-state index contributed by atoms with van der Waals surface area (Å²) in [5.41, 5.74) is 3.02. The van der Waals surface area contributed by atoms with Crippen molar-refractivity contribution in [2.24, 2.45) is 7.05 Å². The molecule has 2 fully saturated rings. The minimum absolute atomic E-state index is 0.0543. The van der Waals surface area contributed by atoms with Crippen molar-refractivity contribution in [3.05, 3.63) is 85.7 Å². The molecule has 0 bridgehead atoms. The van der Waals surface area contributed by atoms with Gasteiger partial charge in [0.1, 0.15) is 10.5 Å². The Hall–Kier alpha value is -4.97. The zero-order chi connectivity index (χ0) is 38.4. The molecule has 0 saturated carbocycles. The Bertz CT molecular complexity index is 1970. The highest BCUT2D eigenvalue weighted by Gasteiger charge is 2.45. The number of imide groups is 2. The summed E-state index contributed by atoms with van der Waals surface area (Å²) >= 11 is 3.39. The number of rotatable bonds is 15. The number of benzene rings is 2. The van der Waals surface area contributed by atoms with E-state index in [0.717, 1.165) is 30.0 Å². The summed E-state index contributed by atoms with van der Waals surface area (Å²) in [6.07, 6.45) is 2.66. The lowest BCUT2D eigenvalue weighted by molar-refractivity contribution is -0.136. The molecule has 1 aromatic heterocycles. The van der Waals surface area contributed by atoms with Crippen LogP contribution in [0.1, 0.15) is 61.8 Å². The molecule has 286 valence electrons. The maximum Gasteiger partial charge on any atom is 0.282 e. The van der Waals surface area contributed by atoms with Gasteiger partial charge in [0.25, 0.3) is 23.3 Å². The van der Waals surface area contributed by atoms with Crippen molar-refractivity contribution in [3.63, 3.8) is 0 Å². The third-order valence-corrected chi connectivity index (χ3v) is 10.4. The molecule has 5 amide bonds. The van der Waals surface area contributed by atoms with E-state index in [9.17, 15) is 28.8 Å². The van der Waals surface area contributed by atoms with Crippen molar-refractivity contribution in [1.29, 1.82) is 0 Å². The second-order valence-electron chi connectivity index (χ2n) is 13.5. The molecule has 6 rings (SSSR count). The number of piperidine rings is 2. The molecular weight excluding hydrogens is 764 g/mol. The molecule has 17 heteroatoms. The second-order valence-corrected chi connectivity index (χ2v) is 14.3. The van der Waals surface area contributed by atoms with Crippen LogP contribution in [0.5, 0.6) is 0 Å². The molecule has 3 unspecified atom stereocenters. The van der Waals surface area contributed by atoms with Gasteiger partial charge < -0.3 is 30.3 Å². The molecular formula is C37H43BrN8O8. The fourth-order valence-corrected chi connectivity index (χ4v) is 7.46. The number of nitrogens with zero attached hydrogens (tertiary/aromatic N) is 4. The largest absolute Gasteiger partial charge is 0.382 e. The second kappa shape index (κ2) is 17.4. The van der Waals surface area contributed by atoms with Gasteiger partial charge in [-0.25, -0.2) is 4.68 Å². The smallest absolute Gasteiger partial charge is 0.282 e. The lowest BCUT2D eigenvalue weighted by atomic mass is 9.87. The van der Waals surface area contributed by atoms with Crippen LogP contribution in [0.15, 0.2) is 57.9 Å². The van der Waals surface area contributed by atoms with Gasteiger partial charge in [-0.15, -0.1) is 0 Å². The zero-order valence-electron chi connectivity index (χ0n) is 30.1. The highest BCUT2D eigenvalue weighted by molar-refractivity contribution is 9.10. The summed E-state index contributed by atoms with van der Waals surface area (Å²) in [5, 5.41) is 15.8. The Kier molecular flexibility index (Phi) is 12.5. The van der Waals surface area contributed by atoms with Crippen LogP contribution in [0.2, 0.25) is 0 Å². The van der Waals surface area contributed by atoms with E-state index in [4.69, 9.17) is 9.47 Å².